The number of ether oxygens (including phenoxy) is 2. The molecule has 25 nitrogen and oxygen atoms in total. The molecule has 420 valence electrons. The van der Waals surface area contributed by atoms with Crippen molar-refractivity contribution < 1.29 is 83.6 Å². The van der Waals surface area contributed by atoms with Crippen LogP contribution in [0.1, 0.15) is 84.8 Å². The molecule has 11 bridgehead atoms. The van der Waals surface area contributed by atoms with Crippen molar-refractivity contribution in [2.45, 2.75) is 81.2 Å². The monoisotopic (exact) mass is 1140 g/mol. The van der Waals surface area contributed by atoms with E-state index in [1.807, 2.05) is 13.8 Å². The molecule has 9 unspecified atom stereocenters. The van der Waals surface area contributed by atoms with Crippen LogP contribution in [0.15, 0.2) is 78.9 Å². The molecule has 5 aromatic rings. The van der Waals surface area contributed by atoms with Crippen molar-refractivity contribution in [1.82, 2.24) is 37.2 Å². The fourth-order valence-electron chi connectivity index (χ4n) is 9.32. The number of aliphatic carboxylic acids is 1. The molecule has 27 heteroatoms. The Kier molecular flexibility index (Phi) is 16.6. The largest absolute Gasteiger partial charge is 0.508 e. The summed E-state index contributed by atoms with van der Waals surface area (Å²) in [5.74, 6) is -14.8. The highest BCUT2D eigenvalue weighted by molar-refractivity contribution is 6.32. The summed E-state index contributed by atoms with van der Waals surface area (Å²) >= 11 is 13.5. The van der Waals surface area contributed by atoms with Gasteiger partial charge >= 0.3 is 5.97 Å². The van der Waals surface area contributed by atoms with E-state index >= 15 is 4.79 Å². The van der Waals surface area contributed by atoms with Gasteiger partial charge in [-0.1, -0.05) is 55.2 Å². The van der Waals surface area contributed by atoms with Crippen molar-refractivity contribution in [3.8, 4) is 57.1 Å². The van der Waals surface area contributed by atoms with Gasteiger partial charge in [0.15, 0.2) is 17.5 Å². The van der Waals surface area contributed by atoms with Crippen molar-refractivity contribution in [1.29, 1.82) is 0 Å². The summed E-state index contributed by atoms with van der Waals surface area (Å²) in [6.45, 7) is 3.69. The van der Waals surface area contributed by atoms with E-state index in [1.165, 1.54) is 37.4 Å². The SMILES string of the molecule is CNC(CC(C)C)C(=O)NC1C(=O)NC(C(N)=O)CC(=O)NC2C(=O)NC3C(=O)NC(C(=O)NC(C(=O)O)c4cc(O)cc(O)c4-c4cc3ccc4O)C(O)c3ccc(c(Cl)c3)Oc3cc2cc(c3O)Oc2ccc(cc2Cl)C1O. The van der Waals surface area contributed by atoms with Crippen LogP contribution in [0.25, 0.3) is 11.1 Å². The van der Waals surface area contributed by atoms with E-state index < -0.39 is 159 Å². The molecular weight excluding hydrogens is 1090 g/mol. The Morgan fingerprint density at radius 3 is 1.84 bits per heavy atom. The molecule has 0 aliphatic carbocycles. The van der Waals surface area contributed by atoms with Crippen LogP contribution >= 0.6 is 23.2 Å². The molecule has 0 radical (unpaired) electrons. The van der Waals surface area contributed by atoms with Gasteiger partial charge in [-0.15, -0.1) is 0 Å². The lowest BCUT2D eigenvalue weighted by Crippen LogP contribution is -2.58. The van der Waals surface area contributed by atoms with Gasteiger partial charge in [0.05, 0.1) is 22.5 Å². The number of hydrogen-bond donors (Lipinski definition) is 15. The fourth-order valence-corrected chi connectivity index (χ4v) is 9.77. The first-order valence-corrected chi connectivity index (χ1v) is 25.2. The molecule has 9 atom stereocenters. The summed E-state index contributed by atoms with van der Waals surface area (Å²) < 4.78 is 12.2. The molecule has 5 aliphatic heterocycles. The number of benzene rings is 5. The molecule has 0 saturated carbocycles. The third kappa shape index (κ3) is 11.9. The van der Waals surface area contributed by atoms with Gasteiger partial charge in [0.2, 0.25) is 47.1 Å². The second-order valence-electron chi connectivity index (χ2n) is 19.4. The summed E-state index contributed by atoms with van der Waals surface area (Å²) in [6, 6.07) is 0.888. The highest BCUT2D eigenvalue weighted by Crippen LogP contribution is 2.47. The molecule has 5 aromatic carbocycles. The molecule has 0 spiro atoms. The summed E-state index contributed by atoms with van der Waals surface area (Å²) in [4.78, 5) is 113. The van der Waals surface area contributed by atoms with E-state index in [0.29, 0.717) is 0 Å². The number of fused-ring (bicyclic) bond motifs is 16. The van der Waals surface area contributed by atoms with Gasteiger partial charge in [-0.25, -0.2) is 4.79 Å². The molecule has 0 aromatic heterocycles. The van der Waals surface area contributed by atoms with Gasteiger partial charge in [0, 0.05) is 22.8 Å². The van der Waals surface area contributed by atoms with E-state index in [4.69, 9.17) is 38.4 Å². The van der Waals surface area contributed by atoms with E-state index in [2.05, 4.69) is 37.2 Å². The van der Waals surface area contributed by atoms with Gasteiger partial charge in [-0.3, -0.25) is 33.6 Å². The number of likely N-dealkylation sites (N-methyl/N-ethyl adjacent to an activating group) is 1. The molecule has 0 saturated heterocycles. The van der Waals surface area contributed by atoms with Gasteiger partial charge in [0.1, 0.15) is 71.2 Å². The Hall–Kier alpha value is -8.88. The van der Waals surface area contributed by atoms with Crippen LogP contribution in [0.5, 0.6) is 46.0 Å². The number of aliphatic hydroxyl groups is 2. The minimum Gasteiger partial charge on any atom is -0.508 e. The summed E-state index contributed by atoms with van der Waals surface area (Å²) in [7, 11) is 1.50. The number of nitrogens with one attached hydrogen (secondary N) is 7. The second-order valence-corrected chi connectivity index (χ2v) is 20.2. The minimum absolute atomic E-state index is 0.0200. The quantitative estimate of drug-likeness (QED) is 0.111. The van der Waals surface area contributed by atoms with Crippen LogP contribution in [0, 0.1) is 5.92 Å². The van der Waals surface area contributed by atoms with Crippen molar-refractivity contribution in [2.75, 3.05) is 7.05 Å². The normalized spacial score (nSPS) is 22.6. The number of aliphatic hydroxyl groups excluding tert-OH is 2. The highest BCUT2D eigenvalue weighted by Gasteiger charge is 2.41. The van der Waals surface area contributed by atoms with E-state index in [9.17, 15) is 69.3 Å². The van der Waals surface area contributed by atoms with Crippen LogP contribution in [-0.4, -0.2) is 114 Å². The van der Waals surface area contributed by atoms with Gasteiger partial charge in [-0.05, 0) is 96.2 Å². The number of phenolic OH excluding ortho intramolecular Hbond substituents is 4. The first-order valence-electron chi connectivity index (χ1n) is 24.4. The topological polar surface area (TPSA) is 407 Å². The molecule has 5 aliphatic rings. The lowest BCUT2D eigenvalue weighted by molar-refractivity contribution is -0.143. The minimum atomic E-state index is -2.17. The Balaban J connectivity index is 1.34. The average Bonchev–Trinajstić information content (AvgIpc) is 3.52. The Bertz CT molecular complexity index is 3380. The Morgan fingerprint density at radius 1 is 0.675 bits per heavy atom. The van der Waals surface area contributed by atoms with E-state index in [1.54, 1.807) is 0 Å². The third-order valence-corrected chi connectivity index (χ3v) is 14.0. The van der Waals surface area contributed by atoms with Crippen LogP contribution in [0.4, 0.5) is 0 Å². The lowest BCUT2D eigenvalue weighted by Gasteiger charge is -2.31. The van der Waals surface area contributed by atoms with E-state index in [-0.39, 0.29) is 56.1 Å². The molecule has 7 amide bonds. The molecule has 80 heavy (non-hydrogen) atoms. The summed E-state index contributed by atoms with van der Waals surface area (Å²) in [5.41, 5.74) is 3.51. The number of halogens is 2. The van der Waals surface area contributed by atoms with Crippen LogP contribution < -0.4 is 52.4 Å². The van der Waals surface area contributed by atoms with Crippen molar-refractivity contribution >= 4 is 70.5 Å². The number of carbonyl (C=O) groups is 8. The van der Waals surface area contributed by atoms with Gasteiger partial charge in [0.25, 0.3) is 0 Å². The first-order chi connectivity index (χ1) is 37.8. The predicted molar refractivity (Wildman–Crippen MR) is 280 cm³/mol. The molecule has 5 heterocycles. The highest BCUT2D eigenvalue weighted by atomic mass is 35.5. The number of amides is 7. The predicted octanol–water partition coefficient (Wildman–Crippen LogP) is 2.40. The zero-order valence-corrected chi connectivity index (χ0v) is 43.8. The standard InChI is InChI=1S/C53H52Cl2N8O17/c1-19(2)10-30(57-3)48(72)62-42-44(68)21-5-8-33(27(54)12-21)79-35-14-23-15-36(46(35)70)80-34-9-6-22(13-28(34)55)45(69)43-52(76)61-41(53(77)78)26-16-24(64)17-32(66)38(26)25-11-20(4-7-31(25)65)39(49(73)63-43)60-50(74)40(23)59-37(67)18-29(47(56)71)58-51(42)75/h4-9,11-17,19,29-30,39-45,57,64-66,68-70H,10,18H2,1-3H3,(H2,56,71)(H,58,75)(H,59,67)(H,60,74)(H,61,76)(H,62,72)(H,63,73)(H,77,78). The fraction of sp³-hybridized carbons (Fsp3) is 0.283. The molecule has 0 fully saturated rings. The third-order valence-electron chi connectivity index (χ3n) is 13.4. The lowest BCUT2D eigenvalue weighted by atomic mass is 9.89. The smallest absolute Gasteiger partial charge is 0.330 e. The maximum absolute atomic E-state index is 15.3. The van der Waals surface area contributed by atoms with E-state index in [0.717, 1.165) is 48.5 Å². The number of carbonyl (C=O) groups excluding carboxylic acids is 7. The van der Waals surface area contributed by atoms with Crippen LogP contribution in [-0.2, 0) is 38.4 Å². The number of phenols is 4. The summed E-state index contributed by atoms with van der Waals surface area (Å²) in [6.07, 6.45) is -4.78. The number of aromatic hydroxyl groups is 4. The number of carboxylic acid groups (broad SMARTS) is 1. The van der Waals surface area contributed by atoms with Crippen LogP contribution in [0.2, 0.25) is 10.0 Å². The number of carboxylic acids is 1. The van der Waals surface area contributed by atoms with Crippen molar-refractivity contribution in [3.63, 3.8) is 0 Å². The summed E-state index contributed by atoms with van der Waals surface area (Å²) in [5, 5.41) is 95.9. The number of rotatable bonds is 7. The average molecular weight is 1140 g/mol. The zero-order valence-electron chi connectivity index (χ0n) is 42.2. The zero-order chi connectivity index (χ0) is 58.2. The number of hydrogen-bond acceptors (Lipinski definition) is 17. The maximum Gasteiger partial charge on any atom is 0.330 e. The molecular formula is C53H52Cl2N8O17. The molecule has 16 N–H and O–H groups in total. The number of nitrogens with two attached hydrogens (primary N) is 1. The second kappa shape index (κ2) is 23.2. The Labute approximate surface area is 463 Å². The van der Waals surface area contributed by atoms with Gasteiger partial charge < -0.3 is 88.2 Å². The van der Waals surface area contributed by atoms with Crippen LogP contribution in [0.3, 0.4) is 0 Å². The number of primary amides is 1. The van der Waals surface area contributed by atoms with Crippen molar-refractivity contribution in [3.05, 3.63) is 117 Å². The van der Waals surface area contributed by atoms with Gasteiger partial charge in [-0.2, -0.15) is 0 Å². The Morgan fingerprint density at radius 2 is 1.26 bits per heavy atom. The first kappa shape index (κ1) is 57.3. The maximum atomic E-state index is 15.3. The molecule has 10 rings (SSSR count). The van der Waals surface area contributed by atoms with Crippen molar-refractivity contribution in [2.24, 2.45) is 11.7 Å².